The van der Waals surface area contributed by atoms with Crippen molar-refractivity contribution in [3.8, 4) is 0 Å². The maximum Gasteiger partial charge on any atom is 0.469 e. The Morgan fingerprint density at radius 3 is 1.66 bits per heavy atom. The fraction of sp³-hybridized carbons (Fsp3) is 1.00. The molecule has 20 heteroatoms. The van der Waals surface area contributed by atoms with Crippen molar-refractivity contribution in [2.45, 2.75) is 92.1 Å². The Hall–Kier alpha value is -0.490. The van der Waals surface area contributed by atoms with Crippen LogP contribution in [-0.4, -0.2) is 173 Å². The first kappa shape index (κ1) is 32.0. The predicted octanol–water partition coefficient (Wildman–Crippen LogP) is -7.46. The molecule has 3 rings (SSSR count). The van der Waals surface area contributed by atoms with E-state index in [1.165, 1.54) is 0 Å². The molecule has 0 aromatic rings. The fourth-order valence-corrected chi connectivity index (χ4v) is 4.53. The van der Waals surface area contributed by atoms with Crippen LogP contribution in [0.3, 0.4) is 0 Å². The van der Waals surface area contributed by atoms with Gasteiger partial charge >= 0.3 is 7.82 Å². The average molecular weight is 584 g/mol. The van der Waals surface area contributed by atoms with Gasteiger partial charge in [0.1, 0.15) is 73.2 Å². The van der Waals surface area contributed by atoms with Gasteiger partial charge in [0.15, 0.2) is 18.9 Å². The van der Waals surface area contributed by atoms with E-state index in [1.54, 1.807) is 0 Å². The normalized spacial score (nSPS) is 48.7. The Morgan fingerprint density at radius 1 is 0.579 bits per heavy atom. The maximum absolute atomic E-state index is 11.0. The summed E-state index contributed by atoms with van der Waals surface area (Å²) in [5.41, 5.74) is 0. The van der Waals surface area contributed by atoms with E-state index < -0.39 is 120 Å². The summed E-state index contributed by atoms with van der Waals surface area (Å²) >= 11 is 0. The van der Waals surface area contributed by atoms with E-state index in [0.717, 1.165) is 0 Å². The highest BCUT2D eigenvalue weighted by molar-refractivity contribution is 7.46. The molecule has 0 saturated carbocycles. The van der Waals surface area contributed by atoms with Gasteiger partial charge in [-0.1, -0.05) is 0 Å². The van der Waals surface area contributed by atoms with Gasteiger partial charge in [-0.15, -0.1) is 0 Å². The first-order chi connectivity index (χ1) is 17.7. The van der Waals surface area contributed by atoms with Crippen molar-refractivity contribution in [1.29, 1.82) is 0 Å². The Morgan fingerprint density at radius 2 is 1.08 bits per heavy atom. The lowest BCUT2D eigenvalue weighted by atomic mass is 9.96. The number of aliphatic hydroxyl groups excluding tert-OH is 10. The minimum Gasteiger partial charge on any atom is -0.394 e. The summed E-state index contributed by atoms with van der Waals surface area (Å²) in [6.07, 6.45) is -27.3. The van der Waals surface area contributed by atoms with E-state index in [9.17, 15) is 55.6 Å². The van der Waals surface area contributed by atoms with E-state index in [1.807, 2.05) is 0 Å². The van der Waals surface area contributed by atoms with Gasteiger partial charge in [0, 0.05) is 0 Å². The zero-order valence-electron chi connectivity index (χ0n) is 19.5. The van der Waals surface area contributed by atoms with Crippen molar-refractivity contribution in [2.24, 2.45) is 0 Å². The van der Waals surface area contributed by atoms with Crippen molar-refractivity contribution in [1.82, 2.24) is 0 Å². The Bertz CT molecular complexity index is 800. The van der Waals surface area contributed by atoms with Gasteiger partial charge in [-0.05, 0) is 0 Å². The lowest BCUT2D eigenvalue weighted by Gasteiger charge is -2.47. The fourth-order valence-electron chi connectivity index (χ4n) is 4.19. The molecule has 0 radical (unpaired) electrons. The summed E-state index contributed by atoms with van der Waals surface area (Å²) in [4.78, 5) is 17.7. The number of ether oxygens (including phenoxy) is 5. The summed E-state index contributed by atoms with van der Waals surface area (Å²) in [5.74, 6) is 0. The van der Waals surface area contributed by atoms with Gasteiger partial charge in [0.25, 0.3) is 0 Å². The topological polar surface area (TPSA) is 315 Å². The maximum atomic E-state index is 11.0. The molecule has 224 valence electrons. The van der Waals surface area contributed by atoms with Crippen LogP contribution in [0.2, 0.25) is 0 Å². The van der Waals surface area contributed by atoms with E-state index in [4.69, 9.17) is 33.5 Å². The number of hydrogen-bond donors (Lipinski definition) is 12. The summed E-state index contributed by atoms with van der Waals surface area (Å²) in [7, 11) is -5.03. The monoisotopic (exact) mass is 584 g/mol. The number of phosphoric ester groups is 1. The third-order valence-electron chi connectivity index (χ3n) is 6.32. The Labute approximate surface area is 214 Å². The van der Waals surface area contributed by atoms with Crippen LogP contribution in [0.4, 0.5) is 0 Å². The predicted molar refractivity (Wildman–Crippen MR) is 112 cm³/mol. The van der Waals surface area contributed by atoms with Crippen LogP contribution >= 0.6 is 7.82 Å². The van der Waals surface area contributed by atoms with Crippen molar-refractivity contribution in [2.75, 3.05) is 19.8 Å². The van der Waals surface area contributed by atoms with E-state index in [2.05, 4.69) is 4.52 Å². The van der Waals surface area contributed by atoms with Crippen LogP contribution in [0.5, 0.6) is 0 Å². The van der Waals surface area contributed by atoms with Gasteiger partial charge < -0.3 is 84.5 Å². The molecule has 19 nitrogen and oxygen atoms in total. The molecule has 3 aliphatic rings. The third kappa shape index (κ3) is 7.04. The lowest BCUT2D eigenvalue weighted by Crippen LogP contribution is -2.66. The highest BCUT2D eigenvalue weighted by Crippen LogP contribution is 2.37. The number of aliphatic hydroxyl groups is 10. The van der Waals surface area contributed by atoms with Gasteiger partial charge in [-0.3, -0.25) is 4.52 Å². The minimum absolute atomic E-state index is 0.760. The molecule has 0 spiro atoms. The van der Waals surface area contributed by atoms with Crippen LogP contribution in [-0.2, 0) is 32.8 Å². The molecule has 0 aromatic carbocycles. The first-order valence-electron chi connectivity index (χ1n) is 11.3. The second kappa shape index (κ2) is 13.0. The standard InChI is InChI=1S/C18H33O19P/c19-1-4-7(21)11(25)15(16(28)33-4)37-18-13(27)14(9(23)5(2-20)34-18)36-17-12(26)10(24)8(22)6(35-17)3-32-38(29,30)31/h4-28H,1-3H2,(H2,29,30,31)/t4-,5-,6-,7-,8-,9-,10+,11+,12+,13+,14+,15+,16?,17-,18-/m1/s1. The quantitative estimate of drug-likeness (QED) is 0.112. The molecular formula is C18H33O19P. The zero-order valence-corrected chi connectivity index (χ0v) is 20.3. The van der Waals surface area contributed by atoms with E-state index >= 15 is 0 Å². The second-order valence-electron chi connectivity index (χ2n) is 8.94. The molecule has 15 atom stereocenters. The van der Waals surface area contributed by atoms with Gasteiger partial charge in [-0.25, -0.2) is 4.57 Å². The molecule has 1 unspecified atom stereocenters. The molecule has 3 aliphatic heterocycles. The van der Waals surface area contributed by atoms with Crippen molar-refractivity contribution in [3.05, 3.63) is 0 Å². The molecule has 0 bridgehead atoms. The summed E-state index contributed by atoms with van der Waals surface area (Å²) in [6, 6.07) is 0. The van der Waals surface area contributed by atoms with Crippen LogP contribution in [0.1, 0.15) is 0 Å². The van der Waals surface area contributed by atoms with E-state index in [-0.39, 0.29) is 0 Å². The lowest BCUT2D eigenvalue weighted by molar-refractivity contribution is -0.382. The minimum atomic E-state index is -5.03. The van der Waals surface area contributed by atoms with Gasteiger partial charge in [0.2, 0.25) is 0 Å². The molecule has 3 heterocycles. The zero-order chi connectivity index (χ0) is 28.5. The number of rotatable bonds is 9. The van der Waals surface area contributed by atoms with Crippen molar-refractivity contribution < 1.29 is 93.6 Å². The largest absolute Gasteiger partial charge is 0.469 e. The SMILES string of the molecule is O=P(O)(O)OC[C@H]1O[C@H](O[C@@H]2[C@H](O)[C@@H](O[C@@H]3C(O)O[C@H](CO)[C@@H](O)[C@@H]3O)O[C@H](CO)[C@H]2O)[C@@H](O)[C@@H](O)[C@@H]1O. The number of phosphoric acid groups is 1. The average Bonchev–Trinajstić information content (AvgIpc) is 2.86. The highest BCUT2D eigenvalue weighted by atomic mass is 31.2. The third-order valence-corrected chi connectivity index (χ3v) is 6.81. The molecular weight excluding hydrogens is 551 g/mol. The molecule has 0 aliphatic carbocycles. The Kier molecular flexibility index (Phi) is 11.0. The van der Waals surface area contributed by atoms with Crippen molar-refractivity contribution in [3.63, 3.8) is 0 Å². The highest BCUT2D eigenvalue weighted by Gasteiger charge is 2.53. The molecule has 38 heavy (non-hydrogen) atoms. The number of hydrogen-bond acceptors (Lipinski definition) is 17. The molecule has 3 saturated heterocycles. The van der Waals surface area contributed by atoms with Crippen molar-refractivity contribution >= 4 is 7.82 Å². The Balaban J connectivity index is 1.76. The smallest absolute Gasteiger partial charge is 0.394 e. The molecule has 3 fully saturated rings. The first-order valence-corrected chi connectivity index (χ1v) is 12.9. The van der Waals surface area contributed by atoms with Crippen LogP contribution in [0.15, 0.2) is 0 Å². The summed E-state index contributed by atoms with van der Waals surface area (Å²) < 4.78 is 41.4. The van der Waals surface area contributed by atoms with Gasteiger partial charge in [-0.2, -0.15) is 0 Å². The van der Waals surface area contributed by atoms with Crippen LogP contribution < -0.4 is 0 Å². The summed E-state index contributed by atoms with van der Waals surface area (Å²) in [6.45, 7) is -2.61. The van der Waals surface area contributed by atoms with Crippen LogP contribution in [0, 0.1) is 0 Å². The van der Waals surface area contributed by atoms with E-state index in [0.29, 0.717) is 0 Å². The second-order valence-corrected chi connectivity index (χ2v) is 10.2. The summed E-state index contributed by atoms with van der Waals surface area (Å²) in [5, 5.41) is 101. The molecule has 0 aromatic heterocycles. The molecule has 0 amide bonds. The molecule has 12 N–H and O–H groups in total. The van der Waals surface area contributed by atoms with Gasteiger partial charge in [0.05, 0.1) is 19.8 Å². The van der Waals surface area contributed by atoms with Crippen LogP contribution in [0.25, 0.3) is 0 Å².